The molecule has 3 aromatic carbocycles. The maximum atomic E-state index is 14.3. The van der Waals surface area contributed by atoms with Crippen LogP contribution in [-0.4, -0.2) is 28.7 Å². The molecule has 36 heavy (non-hydrogen) atoms. The number of anilines is 3. The van der Waals surface area contributed by atoms with E-state index in [-0.39, 0.29) is 52.6 Å². The zero-order valence-corrected chi connectivity index (χ0v) is 19.3. The van der Waals surface area contributed by atoms with E-state index in [4.69, 9.17) is 21.1 Å². The van der Waals surface area contributed by atoms with E-state index in [1.54, 1.807) is 11.6 Å². The fourth-order valence-electron chi connectivity index (χ4n) is 3.84. The van der Waals surface area contributed by atoms with Gasteiger partial charge in [0.05, 0.1) is 27.4 Å². The van der Waals surface area contributed by atoms with Crippen LogP contribution >= 0.6 is 11.6 Å². The highest BCUT2D eigenvalue weighted by atomic mass is 35.5. The zero-order chi connectivity index (χ0) is 25.6. The number of para-hydroxylation sites is 1. The Hall–Kier alpha value is -3.99. The summed E-state index contributed by atoms with van der Waals surface area (Å²) in [5.41, 5.74) is 0.269. The summed E-state index contributed by atoms with van der Waals surface area (Å²) >= 11 is 6.12. The quantitative estimate of drug-likeness (QED) is 0.316. The van der Waals surface area contributed by atoms with Crippen molar-refractivity contribution in [1.29, 1.82) is 0 Å². The van der Waals surface area contributed by atoms with Crippen LogP contribution < -0.4 is 20.1 Å². The van der Waals surface area contributed by atoms with E-state index in [9.17, 15) is 22.4 Å². The Morgan fingerprint density at radius 3 is 2.44 bits per heavy atom. The summed E-state index contributed by atoms with van der Waals surface area (Å²) in [7, 11) is 1.67. The summed E-state index contributed by atoms with van der Waals surface area (Å²) in [4.78, 5) is 17.6. The zero-order valence-electron chi connectivity index (χ0n) is 18.5. The third kappa shape index (κ3) is 4.26. The number of amides is 1. The van der Waals surface area contributed by atoms with Crippen LogP contribution in [0.4, 0.5) is 34.9 Å². The lowest BCUT2D eigenvalue weighted by Crippen LogP contribution is -2.21. The van der Waals surface area contributed by atoms with Crippen molar-refractivity contribution < 1.29 is 31.8 Å². The van der Waals surface area contributed by atoms with Crippen molar-refractivity contribution >= 4 is 45.9 Å². The van der Waals surface area contributed by atoms with Crippen molar-refractivity contribution in [3.8, 4) is 11.5 Å². The van der Waals surface area contributed by atoms with Gasteiger partial charge in [-0.2, -0.15) is 13.2 Å². The van der Waals surface area contributed by atoms with Crippen LogP contribution in [0.5, 0.6) is 11.5 Å². The molecule has 1 aliphatic heterocycles. The van der Waals surface area contributed by atoms with Crippen LogP contribution in [0, 0.1) is 5.82 Å². The summed E-state index contributed by atoms with van der Waals surface area (Å²) < 4.78 is 66.0. The number of nitrogens with zero attached hydrogens (tertiary/aromatic N) is 2. The number of ether oxygens (including phenoxy) is 2. The highest BCUT2D eigenvalue weighted by molar-refractivity contribution is 6.33. The molecular formula is C24H17ClF4N4O3. The average molecular weight is 521 g/mol. The number of alkyl halides is 3. The van der Waals surface area contributed by atoms with E-state index >= 15 is 0 Å². The second kappa shape index (κ2) is 8.90. The number of rotatable bonds is 4. The summed E-state index contributed by atoms with van der Waals surface area (Å²) in [6.45, 7) is 0.409. The van der Waals surface area contributed by atoms with Crippen LogP contribution in [0.2, 0.25) is 5.02 Å². The number of carbonyl (C=O) groups excluding carboxylic acids is 1. The van der Waals surface area contributed by atoms with Gasteiger partial charge in [0, 0.05) is 12.7 Å². The molecule has 4 aromatic rings. The van der Waals surface area contributed by atoms with E-state index < -0.39 is 23.5 Å². The number of halogens is 5. The van der Waals surface area contributed by atoms with Gasteiger partial charge in [-0.05, 0) is 42.5 Å². The molecular weight excluding hydrogens is 504 g/mol. The van der Waals surface area contributed by atoms with Gasteiger partial charge in [0.2, 0.25) is 5.95 Å². The molecule has 2 N–H and O–H groups in total. The minimum atomic E-state index is -4.49. The second-order valence-electron chi connectivity index (χ2n) is 7.89. The van der Waals surface area contributed by atoms with Crippen molar-refractivity contribution in [3.63, 3.8) is 0 Å². The predicted octanol–water partition coefficient (Wildman–Crippen LogP) is 6.15. The molecule has 0 unspecified atom stereocenters. The number of carbonyl (C=O) groups is 1. The average Bonchev–Trinajstić information content (AvgIpc) is 3.16. The number of hydrogen-bond acceptors (Lipinski definition) is 5. The largest absolute Gasteiger partial charge is 0.485 e. The summed E-state index contributed by atoms with van der Waals surface area (Å²) in [6.07, 6.45) is -4.49. The molecule has 1 amide bonds. The Morgan fingerprint density at radius 2 is 1.78 bits per heavy atom. The Morgan fingerprint density at radius 1 is 1.08 bits per heavy atom. The second-order valence-corrected chi connectivity index (χ2v) is 8.30. The van der Waals surface area contributed by atoms with E-state index in [1.807, 2.05) is 0 Å². The normalized spacial score (nSPS) is 13.1. The standard InChI is InChI=1S/C24H17ClF4N4O3/c1-33-19-17(31-23(33)32-18-15(25)3-2-4-16(18)26)11-14(20-21(19)36-10-9-35-20)22(34)30-13-7-5-12(6-8-13)24(27,28)29/h2-8,11H,9-10H2,1H3,(H,30,34)(H,31,32). The van der Waals surface area contributed by atoms with Crippen LogP contribution in [-0.2, 0) is 13.2 Å². The number of nitrogens with one attached hydrogen (secondary N) is 2. The van der Waals surface area contributed by atoms with Crippen molar-refractivity contribution in [1.82, 2.24) is 9.55 Å². The molecule has 0 fully saturated rings. The van der Waals surface area contributed by atoms with E-state index in [0.29, 0.717) is 11.0 Å². The summed E-state index contributed by atoms with van der Waals surface area (Å²) in [5.74, 6) is -0.548. The van der Waals surface area contributed by atoms with Gasteiger partial charge in [-0.25, -0.2) is 9.37 Å². The topological polar surface area (TPSA) is 77.4 Å². The van der Waals surface area contributed by atoms with Crippen molar-refractivity contribution in [2.24, 2.45) is 7.05 Å². The lowest BCUT2D eigenvalue weighted by molar-refractivity contribution is -0.137. The van der Waals surface area contributed by atoms with Crippen molar-refractivity contribution in [2.45, 2.75) is 6.18 Å². The summed E-state index contributed by atoms with van der Waals surface area (Å²) in [5, 5.41) is 5.59. The van der Waals surface area contributed by atoms with Gasteiger partial charge in [-0.3, -0.25) is 4.79 Å². The molecule has 0 radical (unpaired) electrons. The number of aromatic nitrogens is 2. The minimum Gasteiger partial charge on any atom is -0.485 e. The van der Waals surface area contributed by atoms with Crippen molar-refractivity contribution in [3.05, 3.63) is 70.5 Å². The minimum absolute atomic E-state index is 0.0314. The molecule has 5 rings (SSSR count). The first kappa shape index (κ1) is 23.7. The molecule has 0 aliphatic carbocycles. The highest BCUT2D eigenvalue weighted by Crippen LogP contribution is 2.42. The smallest absolute Gasteiger partial charge is 0.416 e. The van der Waals surface area contributed by atoms with Gasteiger partial charge in [-0.15, -0.1) is 0 Å². The molecule has 2 heterocycles. The maximum Gasteiger partial charge on any atom is 0.416 e. The lowest BCUT2D eigenvalue weighted by atomic mass is 10.1. The fraction of sp³-hybridized carbons (Fsp3) is 0.167. The number of imidazole rings is 1. The van der Waals surface area contributed by atoms with Crippen LogP contribution in [0.15, 0.2) is 48.5 Å². The van der Waals surface area contributed by atoms with Gasteiger partial charge >= 0.3 is 6.18 Å². The molecule has 0 spiro atoms. The maximum absolute atomic E-state index is 14.3. The lowest BCUT2D eigenvalue weighted by Gasteiger charge is -2.22. The van der Waals surface area contributed by atoms with E-state index in [1.165, 1.54) is 24.3 Å². The summed E-state index contributed by atoms with van der Waals surface area (Å²) in [6, 6.07) is 9.78. The van der Waals surface area contributed by atoms with Gasteiger partial charge in [0.15, 0.2) is 11.5 Å². The van der Waals surface area contributed by atoms with Gasteiger partial charge in [0.1, 0.15) is 24.5 Å². The van der Waals surface area contributed by atoms with Crippen LogP contribution in [0.25, 0.3) is 11.0 Å². The molecule has 0 saturated heterocycles. The van der Waals surface area contributed by atoms with Gasteiger partial charge in [0.25, 0.3) is 5.91 Å². The fourth-order valence-corrected chi connectivity index (χ4v) is 4.05. The monoisotopic (exact) mass is 520 g/mol. The van der Waals surface area contributed by atoms with Crippen molar-refractivity contribution in [2.75, 3.05) is 23.8 Å². The Labute approximate surface area is 206 Å². The van der Waals surface area contributed by atoms with E-state index in [0.717, 1.165) is 24.3 Å². The molecule has 12 heteroatoms. The molecule has 1 aliphatic rings. The predicted molar refractivity (Wildman–Crippen MR) is 126 cm³/mol. The number of aryl methyl sites for hydroxylation is 1. The Kier molecular flexibility index (Phi) is 5.87. The number of hydrogen-bond donors (Lipinski definition) is 2. The molecule has 186 valence electrons. The van der Waals surface area contributed by atoms with Gasteiger partial charge in [-0.1, -0.05) is 17.7 Å². The first-order valence-electron chi connectivity index (χ1n) is 10.6. The number of benzene rings is 3. The molecule has 0 atom stereocenters. The van der Waals surface area contributed by atoms with Gasteiger partial charge < -0.3 is 24.7 Å². The highest BCUT2D eigenvalue weighted by Gasteiger charge is 2.31. The Bertz CT molecular complexity index is 1470. The Balaban J connectivity index is 1.53. The molecule has 0 bridgehead atoms. The first-order chi connectivity index (χ1) is 17.1. The first-order valence-corrected chi connectivity index (χ1v) is 11.0. The van der Waals surface area contributed by atoms with Crippen LogP contribution in [0.1, 0.15) is 15.9 Å². The third-order valence-electron chi connectivity index (χ3n) is 5.56. The van der Waals surface area contributed by atoms with Crippen LogP contribution in [0.3, 0.4) is 0 Å². The SMILES string of the molecule is Cn1c(Nc2c(F)cccc2Cl)nc2cc(C(=O)Nc3ccc(C(F)(F)F)cc3)c3c(c21)OCCO3. The number of fused-ring (bicyclic) bond motifs is 3. The third-order valence-corrected chi connectivity index (χ3v) is 5.87. The molecule has 1 aromatic heterocycles. The molecule has 0 saturated carbocycles. The molecule has 7 nitrogen and oxygen atoms in total. The van der Waals surface area contributed by atoms with E-state index in [2.05, 4.69) is 15.6 Å².